The summed E-state index contributed by atoms with van der Waals surface area (Å²) in [5, 5.41) is 26.6. The predicted molar refractivity (Wildman–Crippen MR) is 111 cm³/mol. The fraction of sp³-hybridized carbons (Fsp3) is 0.833. The van der Waals surface area contributed by atoms with Crippen molar-refractivity contribution in [1.82, 2.24) is 9.80 Å². The van der Waals surface area contributed by atoms with Crippen molar-refractivity contribution in [3.8, 4) is 0 Å². The molecule has 31 heavy (non-hydrogen) atoms. The minimum absolute atomic E-state index is 0.0272. The third kappa shape index (κ3) is 15.0. The molecule has 0 aliphatic rings. The molecule has 0 bridgehead atoms. The smallest absolute Gasteiger partial charge is 0.326 e. The second-order valence-corrected chi connectivity index (χ2v) is 7.72. The molecule has 0 saturated carbocycles. The lowest BCUT2D eigenvalue weighted by molar-refractivity contribution is -0.159. The molecule has 0 aromatic heterocycles. The average Bonchev–Trinajstić information content (AvgIpc) is 2.72. The SMILES string of the molecule is COCC(CO)OC(=O)CN(CC(=O)OC(CO)COCO)C(=O)SCCCN(C)C. The van der Waals surface area contributed by atoms with Crippen LogP contribution in [0.4, 0.5) is 4.79 Å². The Balaban J connectivity index is 4.96. The summed E-state index contributed by atoms with van der Waals surface area (Å²) in [5.74, 6) is -1.22. The van der Waals surface area contributed by atoms with Crippen LogP contribution in [0.25, 0.3) is 0 Å². The number of rotatable bonds is 17. The van der Waals surface area contributed by atoms with E-state index in [-0.39, 0.29) is 13.2 Å². The fourth-order valence-electron chi connectivity index (χ4n) is 2.19. The second kappa shape index (κ2) is 18.1. The van der Waals surface area contributed by atoms with Crippen LogP contribution < -0.4 is 0 Å². The summed E-state index contributed by atoms with van der Waals surface area (Å²) in [6.45, 7) is -2.20. The summed E-state index contributed by atoms with van der Waals surface area (Å²) < 4.78 is 19.6. The Labute approximate surface area is 186 Å². The number of aliphatic hydroxyl groups excluding tert-OH is 3. The first-order chi connectivity index (χ1) is 14.8. The number of thioether (sulfide) groups is 1. The van der Waals surface area contributed by atoms with Crippen LogP contribution in [-0.2, 0) is 28.5 Å². The molecule has 182 valence electrons. The van der Waals surface area contributed by atoms with Gasteiger partial charge in [0.25, 0.3) is 5.24 Å². The maximum Gasteiger partial charge on any atom is 0.326 e. The predicted octanol–water partition coefficient (Wildman–Crippen LogP) is -1.49. The van der Waals surface area contributed by atoms with Crippen LogP contribution in [0.5, 0.6) is 0 Å². The van der Waals surface area contributed by atoms with Crippen LogP contribution in [0.2, 0.25) is 0 Å². The summed E-state index contributed by atoms with van der Waals surface area (Å²) in [4.78, 5) is 39.9. The number of hydrogen-bond donors (Lipinski definition) is 3. The largest absolute Gasteiger partial charge is 0.456 e. The number of carbonyl (C=O) groups is 3. The lowest BCUT2D eigenvalue weighted by Gasteiger charge is -2.23. The van der Waals surface area contributed by atoms with Crippen LogP contribution in [0, 0.1) is 0 Å². The molecule has 0 radical (unpaired) electrons. The summed E-state index contributed by atoms with van der Waals surface area (Å²) in [6, 6.07) is 0. The van der Waals surface area contributed by atoms with Crippen molar-refractivity contribution in [1.29, 1.82) is 0 Å². The molecule has 0 aromatic rings. The van der Waals surface area contributed by atoms with Crippen LogP contribution in [0.15, 0.2) is 0 Å². The van der Waals surface area contributed by atoms with Crippen molar-refractivity contribution in [3.63, 3.8) is 0 Å². The van der Waals surface area contributed by atoms with Gasteiger partial charge in [-0.05, 0) is 27.1 Å². The number of ether oxygens (including phenoxy) is 4. The van der Waals surface area contributed by atoms with E-state index in [0.29, 0.717) is 5.75 Å². The van der Waals surface area contributed by atoms with Crippen LogP contribution in [0.3, 0.4) is 0 Å². The van der Waals surface area contributed by atoms with E-state index in [1.54, 1.807) is 0 Å². The molecule has 3 N–H and O–H groups in total. The van der Waals surface area contributed by atoms with Crippen LogP contribution in [-0.4, -0.2) is 134 Å². The van der Waals surface area contributed by atoms with Gasteiger partial charge in [0.15, 0.2) is 0 Å². The van der Waals surface area contributed by atoms with Gasteiger partial charge in [0.1, 0.15) is 32.1 Å². The number of aliphatic hydroxyl groups is 3. The van der Waals surface area contributed by atoms with Gasteiger partial charge >= 0.3 is 11.9 Å². The van der Waals surface area contributed by atoms with Gasteiger partial charge in [0, 0.05) is 12.9 Å². The van der Waals surface area contributed by atoms with Gasteiger partial charge in [0.2, 0.25) is 0 Å². The highest BCUT2D eigenvalue weighted by Crippen LogP contribution is 2.12. The maximum atomic E-state index is 12.5. The maximum absolute atomic E-state index is 12.5. The van der Waals surface area contributed by atoms with Crippen LogP contribution in [0.1, 0.15) is 6.42 Å². The zero-order valence-corrected chi connectivity index (χ0v) is 19.0. The lowest BCUT2D eigenvalue weighted by Crippen LogP contribution is -2.41. The highest BCUT2D eigenvalue weighted by molar-refractivity contribution is 8.13. The molecular formula is C18H34N2O10S. The molecule has 0 aliphatic heterocycles. The fourth-order valence-corrected chi connectivity index (χ4v) is 2.95. The van der Waals surface area contributed by atoms with E-state index in [4.69, 9.17) is 19.3 Å². The number of hydrogen-bond acceptors (Lipinski definition) is 12. The zero-order chi connectivity index (χ0) is 23.6. The van der Waals surface area contributed by atoms with Gasteiger partial charge in [-0.25, -0.2) is 0 Å². The molecule has 2 unspecified atom stereocenters. The first-order valence-electron chi connectivity index (χ1n) is 9.61. The Hall–Kier alpha value is -1.48. The third-order valence-electron chi connectivity index (χ3n) is 3.62. The highest BCUT2D eigenvalue weighted by Gasteiger charge is 2.25. The van der Waals surface area contributed by atoms with Gasteiger partial charge in [0.05, 0.1) is 26.4 Å². The number of esters is 2. The number of methoxy groups -OCH3 is 1. The van der Waals surface area contributed by atoms with Gasteiger partial charge in [-0.2, -0.15) is 0 Å². The van der Waals surface area contributed by atoms with E-state index in [0.717, 1.165) is 29.6 Å². The zero-order valence-electron chi connectivity index (χ0n) is 18.2. The van der Waals surface area contributed by atoms with Gasteiger partial charge < -0.3 is 44.1 Å². The standard InChI is InChI=1S/C18H34N2O10S/c1-19(2)5-4-6-31-18(26)20(7-16(24)29-14(9-21)11-27-3)8-17(25)30-15(10-22)12-28-13-23/h14-15,21-23H,4-13H2,1-3H3. The average molecular weight is 471 g/mol. The van der Waals surface area contributed by atoms with Crippen molar-refractivity contribution in [2.24, 2.45) is 0 Å². The molecule has 0 rings (SSSR count). The third-order valence-corrected chi connectivity index (χ3v) is 4.62. The minimum Gasteiger partial charge on any atom is -0.456 e. The first kappa shape index (κ1) is 29.5. The van der Waals surface area contributed by atoms with E-state index in [1.807, 2.05) is 19.0 Å². The summed E-state index contributed by atoms with van der Waals surface area (Å²) >= 11 is 0.947. The van der Waals surface area contributed by atoms with Crippen molar-refractivity contribution in [2.45, 2.75) is 18.6 Å². The van der Waals surface area contributed by atoms with E-state index < -0.39 is 62.5 Å². The van der Waals surface area contributed by atoms with Crippen molar-refractivity contribution >= 4 is 28.9 Å². The van der Waals surface area contributed by atoms with E-state index in [2.05, 4.69) is 4.74 Å². The van der Waals surface area contributed by atoms with Gasteiger partial charge in [-0.1, -0.05) is 11.8 Å². The van der Waals surface area contributed by atoms with E-state index in [9.17, 15) is 24.6 Å². The monoisotopic (exact) mass is 470 g/mol. The molecule has 12 nitrogen and oxygen atoms in total. The molecule has 0 fully saturated rings. The topological polar surface area (TPSA) is 155 Å². The Kier molecular flexibility index (Phi) is 17.3. The van der Waals surface area contributed by atoms with Crippen molar-refractivity contribution in [3.05, 3.63) is 0 Å². The van der Waals surface area contributed by atoms with Crippen molar-refractivity contribution in [2.75, 3.05) is 79.8 Å². The molecule has 0 heterocycles. The normalized spacial score (nSPS) is 13.0. The Morgan fingerprint density at radius 3 is 1.94 bits per heavy atom. The molecule has 0 aliphatic carbocycles. The number of nitrogens with zero attached hydrogens (tertiary/aromatic N) is 2. The highest BCUT2D eigenvalue weighted by atomic mass is 32.2. The molecule has 0 saturated heterocycles. The molecule has 0 aromatic carbocycles. The Bertz CT molecular complexity index is 524. The minimum atomic E-state index is -1.03. The lowest BCUT2D eigenvalue weighted by atomic mass is 10.4. The summed E-state index contributed by atoms with van der Waals surface area (Å²) in [7, 11) is 5.19. The van der Waals surface area contributed by atoms with E-state index in [1.165, 1.54) is 7.11 Å². The van der Waals surface area contributed by atoms with Crippen molar-refractivity contribution < 1.29 is 48.7 Å². The van der Waals surface area contributed by atoms with Gasteiger partial charge in [-0.15, -0.1) is 0 Å². The number of carbonyl (C=O) groups excluding carboxylic acids is 3. The summed E-state index contributed by atoms with van der Waals surface area (Å²) in [5.41, 5.74) is 0. The molecular weight excluding hydrogens is 436 g/mol. The quantitative estimate of drug-likeness (QED) is 0.129. The summed E-state index contributed by atoms with van der Waals surface area (Å²) in [6.07, 6.45) is -1.21. The first-order valence-corrected chi connectivity index (χ1v) is 10.6. The Morgan fingerprint density at radius 1 is 0.935 bits per heavy atom. The molecule has 0 spiro atoms. The van der Waals surface area contributed by atoms with E-state index >= 15 is 0 Å². The molecule has 1 amide bonds. The second-order valence-electron chi connectivity index (χ2n) is 6.67. The number of amides is 1. The molecule has 13 heteroatoms. The van der Waals surface area contributed by atoms with Gasteiger partial charge in [-0.3, -0.25) is 14.4 Å². The van der Waals surface area contributed by atoms with Crippen LogP contribution >= 0.6 is 11.8 Å². The Morgan fingerprint density at radius 2 is 1.48 bits per heavy atom. The molecule has 2 atom stereocenters.